The summed E-state index contributed by atoms with van der Waals surface area (Å²) >= 11 is 0. The van der Waals surface area contributed by atoms with Crippen LogP contribution in [0.15, 0.2) is 12.2 Å². The summed E-state index contributed by atoms with van der Waals surface area (Å²) in [7, 11) is 0. The van der Waals surface area contributed by atoms with Crippen molar-refractivity contribution in [1.82, 2.24) is 10.6 Å². The summed E-state index contributed by atoms with van der Waals surface area (Å²) in [5.41, 5.74) is 0. The number of amides is 2. The summed E-state index contributed by atoms with van der Waals surface area (Å²) in [6.45, 7) is 5.92. The van der Waals surface area contributed by atoms with Gasteiger partial charge in [-0.2, -0.15) is 0 Å². The molecule has 0 saturated heterocycles. The Morgan fingerprint density at radius 2 is 0.611 bits per heavy atom. The molecule has 4 heteroatoms. The van der Waals surface area contributed by atoms with Gasteiger partial charge in [0.15, 0.2) is 0 Å². The first kappa shape index (κ1) is 34.7. The molecule has 0 aliphatic heterocycles. The van der Waals surface area contributed by atoms with Gasteiger partial charge < -0.3 is 10.6 Å². The van der Waals surface area contributed by atoms with E-state index < -0.39 is 0 Å². The second-order valence-corrected chi connectivity index (χ2v) is 10.7. The zero-order valence-electron chi connectivity index (χ0n) is 24.4. The number of unbranched alkanes of at least 4 members (excludes halogenated alkanes) is 22. The van der Waals surface area contributed by atoms with Crippen LogP contribution in [-0.2, 0) is 9.59 Å². The van der Waals surface area contributed by atoms with Crippen LogP contribution in [0.3, 0.4) is 0 Å². The van der Waals surface area contributed by atoms with Gasteiger partial charge in [-0.05, 0) is 12.8 Å². The summed E-state index contributed by atoms with van der Waals surface area (Å²) in [6.07, 6.45) is 34.3. The van der Waals surface area contributed by atoms with Gasteiger partial charge in [0.05, 0.1) is 0 Å². The number of nitrogens with one attached hydrogen (secondary N) is 2. The summed E-state index contributed by atoms with van der Waals surface area (Å²) in [5, 5.41) is 5.77. The lowest BCUT2D eigenvalue weighted by molar-refractivity contribution is -0.118. The molecule has 0 unspecified atom stereocenters. The molecular formula is C32H62N2O2. The van der Waals surface area contributed by atoms with E-state index in [0.29, 0.717) is 13.1 Å². The van der Waals surface area contributed by atoms with E-state index in [0.717, 1.165) is 12.8 Å². The molecule has 0 rings (SSSR count). The zero-order chi connectivity index (χ0) is 26.4. The zero-order valence-corrected chi connectivity index (χ0v) is 24.4. The van der Waals surface area contributed by atoms with E-state index in [1.807, 2.05) is 0 Å². The lowest BCUT2D eigenvalue weighted by atomic mass is 10.1. The van der Waals surface area contributed by atoms with Gasteiger partial charge in [0.2, 0.25) is 11.8 Å². The minimum atomic E-state index is -0.168. The second-order valence-electron chi connectivity index (χ2n) is 10.7. The summed E-state index contributed by atoms with van der Waals surface area (Å²) in [6, 6.07) is 0. The summed E-state index contributed by atoms with van der Waals surface area (Å²) < 4.78 is 0. The Kier molecular flexibility index (Phi) is 28.8. The molecule has 0 aliphatic carbocycles. The molecule has 212 valence electrons. The van der Waals surface area contributed by atoms with E-state index in [1.54, 1.807) is 0 Å². The van der Waals surface area contributed by atoms with Crippen LogP contribution in [-0.4, -0.2) is 24.9 Å². The van der Waals surface area contributed by atoms with Gasteiger partial charge >= 0.3 is 0 Å². The maximum Gasteiger partial charge on any atom is 0.244 e. The summed E-state index contributed by atoms with van der Waals surface area (Å²) in [5.74, 6) is -0.336. The van der Waals surface area contributed by atoms with Crippen molar-refractivity contribution >= 4 is 11.8 Å². The van der Waals surface area contributed by atoms with Gasteiger partial charge in [0.25, 0.3) is 0 Å². The highest BCUT2D eigenvalue weighted by Gasteiger charge is 1.99. The highest BCUT2D eigenvalue weighted by molar-refractivity contribution is 5.96. The number of rotatable bonds is 28. The van der Waals surface area contributed by atoms with Crippen molar-refractivity contribution in [2.24, 2.45) is 0 Å². The fraction of sp³-hybridized carbons (Fsp3) is 0.875. The van der Waals surface area contributed by atoms with Crippen LogP contribution in [0.4, 0.5) is 0 Å². The largest absolute Gasteiger partial charge is 0.353 e. The Morgan fingerprint density at radius 3 is 0.861 bits per heavy atom. The molecular weight excluding hydrogens is 444 g/mol. The van der Waals surface area contributed by atoms with E-state index in [2.05, 4.69) is 24.5 Å². The van der Waals surface area contributed by atoms with Crippen LogP contribution < -0.4 is 10.6 Å². The van der Waals surface area contributed by atoms with Gasteiger partial charge in [0, 0.05) is 25.2 Å². The lowest BCUT2D eigenvalue weighted by Crippen LogP contribution is -2.25. The first-order chi connectivity index (χ1) is 17.7. The Morgan fingerprint density at radius 1 is 0.389 bits per heavy atom. The highest BCUT2D eigenvalue weighted by atomic mass is 16.2. The normalized spacial score (nSPS) is 11.3. The van der Waals surface area contributed by atoms with E-state index in [4.69, 9.17) is 0 Å². The smallest absolute Gasteiger partial charge is 0.244 e. The number of hydrogen-bond acceptors (Lipinski definition) is 2. The molecule has 36 heavy (non-hydrogen) atoms. The van der Waals surface area contributed by atoms with Crippen molar-refractivity contribution < 1.29 is 9.59 Å². The van der Waals surface area contributed by atoms with Crippen LogP contribution in [0.5, 0.6) is 0 Å². The maximum absolute atomic E-state index is 11.9. The van der Waals surface area contributed by atoms with Crippen LogP contribution in [0, 0.1) is 0 Å². The minimum Gasteiger partial charge on any atom is -0.353 e. The Balaban J connectivity index is 3.37. The topological polar surface area (TPSA) is 58.2 Å². The first-order valence-electron chi connectivity index (χ1n) is 15.9. The molecule has 0 saturated carbocycles. The van der Waals surface area contributed by atoms with Gasteiger partial charge in [-0.3, -0.25) is 9.59 Å². The van der Waals surface area contributed by atoms with Gasteiger partial charge in [-0.1, -0.05) is 155 Å². The number of carbonyl (C=O) groups is 2. The quantitative estimate of drug-likeness (QED) is 0.0820. The van der Waals surface area contributed by atoms with E-state index in [-0.39, 0.29) is 11.8 Å². The van der Waals surface area contributed by atoms with Gasteiger partial charge in [0.1, 0.15) is 0 Å². The summed E-state index contributed by atoms with van der Waals surface area (Å²) in [4.78, 5) is 23.7. The molecule has 0 spiro atoms. The molecule has 0 fully saturated rings. The van der Waals surface area contributed by atoms with Gasteiger partial charge in [-0.25, -0.2) is 0 Å². The van der Waals surface area contributed by atoms with E-state index >= 15 is 0 Å². The van der Waals surface area contributed by atoms with Crippen molar-refractivity contribution in [2.45, 2.75) is 168 Å². The molecule has 0 aliphatic rings. The van der Waals surface area contributed by atoms with Crippen molar-refractivity contribution in [3.63, 3.8) is 0 Å². The average molecular weight is 507 g/mol. The third-order valence-electron chi connectivity index (χ3n) is 7.05. The van der Waals surface area contributed by atoms with Crippen molar-refractivity contribution in [3.05, 3.63) is 12.2 Å². The van der Waals surface area contributed by atoms with E-state index in [1.165, 1.54) is 153 Å². The monoisotopic (exact) mass is 506 g/mol. The Labute approximate surface area is 225 Å². The lowest BCUT2D eigenvalue weighted by Gasteiger charge is -2.04. The van der Waals surface area contributed by atoms with Crippen LogP contribution in [0.25, 0.3) is 0 Å². The van der Waals surface area contributed by atoms with Crippen LogP contribution in [0.2, 0.25) is 0 Å². The molecule has 0 aromatic carbocycles. The standard InChI is InChI=1S/C32H62N2O2/c1-3-5-7-9-11-13-15-17-19-21-23-25-29-33-31(35)27-28-32(36)34-30-26-24-22-20-18-16-14-12-10-8-6-4-2/h27-28H,3-26,29-30H2,1-2H3,(H,33,35)(H,34,36)/b28-27-. The Bertz CT molecular complexity index is 460. The molecule has 4 nitrogen and oxygen atoms in total. The van der Waals surface area contributed by atoms with Gasteiger partial charge in [-0.15, -0.1) is 0 Å². The molecule has 0 radical (unpaired) electrons. The van der Waals surface area contributed by atoms with Crippen molar-refractivity contribution in [2.75, 3.05) is 13.1 Å². The third kappa shape index (κ3) is 28.9. The number of carbonyl (C=O) groups excluding carboxylic acids is 2. The SMILES string of the molecule is CCCCCCCCCCCCCCNC(=O)/C=C\C(=O)NCCCCCCCCCCCCCC. The first-order valence-corrected chi connectivity index (χ1v) is 15.9. The predicted octanol–water partition coefficient (Wildman–Crippen LogP) is 9.18. The fourth-order valence-corrected chi connectivity index (χ4v) is 4.62. The second kappa shape index (κ2) is 29.9. The molecule has 2 amide bonds. The van der Waals surface area contributed by atoms with Crippen LogP contribution >= 0.6 is 0 Å². The Hall–Kier alpha value is -1.32. The predicted molar refractivity (Wildman–Crippen MR) is 157 cm³/mol. The maximum atomic E-state index is 11.9. The number of hydrogen-bond donors (Lipinski definition) is 2. The van der Waals surface area contributed by atoms with Crippen molar-refractivity contribution in [3.8, 4) is 0 Å². The highest BCUT2D eigenvalue weighted by Crippen LogP contribution is 2.12. The molecule has 0 atom stereocenters. The molecule has 0 aromatic rings. The molecule has 0 heterocycles. The third-order valence-corrected chi connectivity index (χ3v) is 7.05. The van der Waals surface area contributed by atoms with Crippen LogP contribution in [0.1, 0.15) is 168 Å². The van der Waals surface area contributed by atoms with Crippen molar-refractivity contribution in [1.29, 1.82) is 0 Å². The fourth-order valence-electron chi connectivity index (χ4n) is 4.62. The minimum absolute atomic E-state index is 0.168. The molecule has 0 bridgehead atoms. The molecule has 2 N–H and O–H groups in total. The molecule has 0 aromatic heterocycles. The van der Waals surface area contributed by atoms with E-state index in [9.17, 15) is 9.59 Å². The average Bonchev–Trinajstić information content (AvgIpc) is 2.88.